The fourth-order valence-electron chi connectivity index (χ4n) is 2.57. The molecule has 3 aromatic rings. The van der Waals surface area contributed by atoms with Crippen LogP contribution in [-0.2, 0) is 20.0 Å². The molecule has 138 valence electrons. The largest absolute Gasteiger partial charge is 0.359 e. The first-order chi connectivity index (χ1) is 12.1. The zero-order chi connectivity index (χ0) is 19.1. The highest BCUT2D eigenvalue weighted by atomic mass is 32.2. The van der Waals surface area contributed by atoms with Gasteiger partial charge < -0.3 is 4.98 Å². The summed E-state index contributed by atoms with van der Waals surface area (Å²) in [6.45, 7) is 1.92. The van der Waals surface area contributed by atoms with Crippen molar-refractivity contribution in [1.29, 1.82) is 0 Å². The molecule has 0 saturated heterocycles. The molecular weight excluding hydrogens is 374 g/mol. The standard InChI is InChI=1S/C17H19N3O4S2/c1-12-9-13-10-14(7-8-17(13)18-12)19-25(21,22)15-5-4-6-16(11-15)26(23,24)20(2)3/h4-11,18-19H,1-3H3. The molecule has 2 aromatic carbocycles. The zero-order valence-electron chi connectivity index (χ0n) is 14.5. The normalized spacial score (nSPS) is 12.6. The van der Waals surface area contributed by atoms with Crippen LogP contribution in [0.2, 0.25) is 0 Å². The number of aromatic nitrogens is 1. The molecule has 1 heterocycles. The van der Waals surface area contributed by atoms with Crippen molar-refractivity contribution in [2.75, 3.05) is 18.8 Å². The number of hydrogen-bond acceptors (Lipinski definition) is 4. The SMILES string of the molecule is Cc1cc2cc(NS(=O)(=O)c3cccc(S(=O)(=O)N(C)C)c3)ccc2[nH]1. The number of aryl methyl sites for hydroxylation is 1. The number of nitrogens with one attached hydrogen (secondary N) is 2. The molecule has 0 spiro atoms. The molecule has 3 rings (SSSR count). The molecule has 0 amide bonds. The molecule has 0 aliphatic carbocycles. The van der Waals surface area contributed by atoms with Crippen LogP contribution in [0.25, 0.3) is 10.9 Å². The molecule has 0 aliphatic rings. The van der Waals surface area contributed by atoms with Crippen molar-refractivity contribution in [3.63, 3.8) is 0 Å². The molecule has 9 heteroatoms. The summed E-state index contributed by atoms with van der Waals surface area (Å²) in [5, 5.41) is 0.881. The van der Waals surface area contributed by atoms with Gasteiger partial charge >= 0.3 is 0 Å². The van der Waals surface area contributed by atoms with Crippen molar-refractivity contribution in [2.24, 2.45) is 0 Å². The molecule has 26 heavy (non-hydrogen) atoms. The summed E-state index contributed by atoms with van der Waals surface area (Å²) in [6.07, 6.45) is 0. The summed E-state index contributed by atoms with van der Waals surface area (Å²) in [4.78, 5) is 2.97. The van der Waals surface area contributed by atoms with Crippen LogP contribution >= 0.6 is 0 Å². The predicted octanol–water partition coefficient (Wildman–Crippen LogP) is 2.53. The van der Waals surface area contributed by atoms with Gasteiger partial charge in [0.25, 0.3) is 10.0 Å². The topological polar surface area (TPSA) is 99.3 Å². The van der Waals surface area contributed by atoms with Gasteiger partial charge in [-0.3, -0.25) is 4.72 Å². The summed E-state index contributed by atoms with van der Waals surface area (Å²) in [5.41, 5.74) is 2.28. The molecule has 0 unspecified atom stereocenters. The number of hydrogen-bond donors (Lipinski definition) is 2. The van der Waals surface area contributed by atoms with Gasteiger partial charge in [0.1, 0.15) is 0 Å². The monoisotopic (exact) mass is 393 g/mol. The van der Waals surface area contributed by atoms with E-state index in [0.717, 1.165) is 27.0 Å². The first-order valence-corrected chi connectivity index (χ1v) is 10.7. The zero-order valence-corrected chi connectivity index (χ0v) is 16.1. The summed E-state index contributed by atoms with van der Waals surface area (Å²) in [6, 6.07) is 12.3. The highest BCUT2D eigenvalue weighted by Crippen LogP contribution is 2.24. The Labute approximate surface area is 152 Å². The van der Waals surface area contributed by atoms with Gasteiger partial charge in [0.15, 0.2) is 0 Å². The van der Waals surface area contributed by atoms with E-state index in [1.807, 2.05) is 13.0 Å². The highest BCUT2D eigenvalue weighted by molar-refractivity contribution is 7.93. The van der Waals surface area contributed by atoms with E-state index in [2.05, 4.69) is 9.71 Å². The number of sulfonamides is 2. The molecule has 1 aromatic heterocycles. The average Bonchev–Trinajstić information content (AvgIpc) is 2.93. The van der Waals surface area contributed by atoms with Gasteiger partial charge in [-0.1, -0.05) is 6.07 Å². The third kappa shape index (κ3) is 3.46. The Morgan fingerprint density at radius 3 is 2.31 bits per heavy atom. The summed E-state index contributed by atoms with van der Waals surface area (Å²) in [5.74, 6) is 0. The van der Waals surface area contributed by atoms with Gasteiger partial charge in [-0.25, -0.2) is 21.1 Å². The first-order valence-electron chi connectivity index (χ1n) is 7.74. The maximum Gasteiger partial charge on any atom is 0.261 e. The quantitative estimate of drug-likeness (QED) is 0.696. The smallest absolute Gasteiger partial charge is 0.261 e. The minimum Gasteiger partial charge on any atom is -0.359 e. The number of H-pyrrole nitrogens is 1. The number of benzene rings is 2. The van der Waals surface area contributed by atoms with Crippen molar-refractivity contribution in [3.8, 4) is 0 Å². The first kappa shape index (κ1) is 18.4. The van der Waals surface area contributed by atoms with Gasteiger partial charge in [0.05, 0.1) is 9.79 Å². The van der Waals surface area contributed by atoms with E-state index in [-0.39, 0.29) is 9.79 Å². The molecule has 0 radical (unpaired) electrons. The van der Waals surface area contributed by atoms with Crippen LogP contribution in [-0.4, -0.2) is 40.2 Å². The van der Waals surface area contributed by atoms with Crippen LogP contribution in [0.5, 0.6) is 0 Å². The Morgan fingerprint density at radius 1 is 0.923 bits per heavy atom. The lowest BCUT2D eigenvalue weighted by Gasteiger charge is -2.13. The Kier molecular flexibility index (Phi) is 4.55. The lowest BCUT2D eigenvalue weighted by atomic mass is 10.2. The Hall–Kier alpha value is -2.36. The maximum atomic E-state index is 12.7. The minimum absolute atomic E-state index is 0.0814. The summed E-state index contributed by atoms with van der Waals surface area (Å²) in [7, 11) is -4.87. The molecule has 0 bridgehead atoms. The van der Waals surface area contributed by atoms with E-state index in [1.165, 1.54) is 32.3 Å². The molecule has 0 aliphatic heterocycles. The predicted molar refractivity (Wildman–Crippen MR) is 101 cm³/mol. The highest BCUT2D eigenvalue weighted by Gasteiger charge is 2.21. The van der Waals surface area contributed by atoms with Gasteiger partial charge in [-0.2, -0.15) is 0 Å². The van der Waals surface area contributed by atoms with Gasteiger partial charge in [-0.05, 0) is 49.4 Å². The van der Waals surface area contributed by atoms with E-state index < -0.39 is 20.0 Å². The van der Waals surface area contributed by atoms with Crippen molar-refractivity contribution < 1.29 is 16.8 Å². The van der Waals surface area contributed by atoms with E-state index in [0.29, 0.717) is 5.69 Å². The summed E-state index contributed by atoms with van der Waals surface area (Å²) < 4.78 is 53.3. The van der Waals surface area contributed by atoms with Crippen LogP contribution in [0, 0.1) is 6.92 Å². The van der Waals surface area contributed by atoms with Crippen LogP contribution < -0.4 is 4.72 Å². The van der Waals surface area contributed by atoms with Gasteiger partial charge in [-0.15, -0.1) is 0 Å². The second-order valence-electron chi connectivity index (χ2n) is 6.12. The Balaban J connectivity index is 1.97. The van der Waals surface area contributed by atoms with E-state index >= 15 is 0 Å². The third-order valence-corrected chi connectivity index (χ3v) is 7.09. The molecule has 7 nitrogen and oxygen atoms in total. The lowest BCUT2D eigenvalue weighted by molar-refractivity contribution is 0.520. The lowest BCUT2D eigenvalue weighted by Crippen LogP contribution is -2.22. The molecule has 0 atom stereocenters. The third-order valence-electron chi connectivity index (χ3n) is 3.90. The van der Waals surface area contributed by atoms with Gasteiger partial charge in [0.2, 0.25) is 10.0 Å². The Morgan fingerprint density at radius 2 is 1.62 bits per heavy atom. The van der Waals surface area contributed by atoms with E-state index in [1.54, 1.807) is 18.2 Å². The fourth-order valence-corrected chi connectivity index (χ4v) is 4.69. The van der Waals surface area contributed by atoms with Crippen LogP contribution in [0.3, 0.4) is 0 Å². The van der Waals surface area contributed by atoms with Gasteiger partial charge in [0, 0.05) is 36.4 Å². The summed E-state index contributed by atoms with van der Waals surface area (Å²) >= 11 is 0. The number of fused-ring (bicyclic) bond motifs is 1. The second kappa shape index (κ2) is 6.42. The molecule has 0 fully saturated rings. The van der Waals surface area contributed by atoms with E-state index in [4.69, 9.17) is 0 Å². The van der Waals surface area contributed by atoms with Crippen molar-refractivity contribution >= 4 is 36.6 Å². The number of rotatable bonds is 5. The number of aromatic amines is 1. The van der Waals surface area contributed by atoms with Crippen LogP contribution in [0.4, 0.5) is 5.69 Å². The fraction of sp³-hybridized carbons (Fsp3) is 0.176. The van der Waals surface area contributed by atoms with Crippen LogP contribution in [0.15, 0.2) is 58.3 Å². The second-order valence-corrected chi connectivity index (χ2v) is 9.96. The minimum atomic E-state index is -3.93. The van der Waals surface area contributed by atoms with Crippen molar-refractivity contribution in [3.05, 3.63) is 54.2 Å². The molecule has 2 N–H and O–H groups in total. The van der Waals surface area contributed by atoms with Crippen molar-refractivity contribution in [2.45, 2.75) is 16.7 Å². The number of anilines is 1. The average molecular weight is 393 g/mol. The van der Waals surface area contributed by atoms with Crippen LogP contribution in [0.1, 0.15) is 5.69 Å². The Bertz CT molecular complexity index is 1180. The van der Waals surface area contributed by atoms with Crippen molar-refractivity contribution in [1.82, 2.24) is 9.29 Å². The molecule has 0 saturated carbocycles. The molecular formula is C17H19N3O4S2. The van der Waals surface area contributed by atoms with E-state index in [9.17, 15) is 16.8 Å². The number of nitrogens with zero attached hydrogens (tertiary/aromatic N) is 1. The maximum absolute atomic E-state index is 12.7.